The van der Waals surface area contributed by atoms with Crippen molar-refractivity contribution in [2.24, 2.45) is 5.10 Å². The van der Waals surface area contributed by atoms with Crippen LogP contribution >= 0.6 is 43.5 Å². The highest BCUT2D eigenvalue weighted by atomic mass is 79.9. The van der Waals surface area contributed by atoms with Gasteiger partial charge in [0, 0.05) is 20.4 Å². The fraction of sp³-hybridized carbons (Fsp3) is 0.0952. The summed E-state index contributed by atoms with van der Waals surface area (Å²) in [5.41, 5.74) is 3.43. The summed E-state index contributed by atoms with van der Waals surface area (Å²) in [7, 11) is 0. The molecule has 4 rings (SSSR count). The van der Waals surface area contributed by atoms with E-state index in [1.54, 1.807) is 11.1 Å². The smallest absolute Gasteiger partial charge is 0.149 e. The molecule has 0 spiro atoms. The van der Waals surface area contributed by atoms with Gasteiger partial charge in [0.15, 0.2) is 0 Å². The Morgan fingerprint density at radius 3 is 2.26 bits per heavy atom. The third kappa shape index (κ3) is 3.96. The van der Waals surface area contributed by atoms with Gasteiger partial charge in [-0.25, -0.2) is 4.39 Å². The molecule has 136 valence electrons. The molecule has 0 saturated carbocycles. The molecule has 0 aliphatic carbocycles. The molecule has 0 saturated heterocycles. The van der Waals surface area contributed by atoms with E-state index in [1.165, 1.54) is 6.07 Å². The molecule has 2 nitrogen and oxygen atoms in total. The summed E-state index contributed by atoms with van der Waals surface area (Å²) in [6.07, 6.45) is 0.679. The topological polar surface area (TPSA) is 15.6 Å². The maximum Gasteiger partial charge on any atom is 0.149 e. The van der Waals surface area contributed by atoms with Crippen LogP contribution in [0.3, 0.4) is 0 Å². The first-order chi connectivity index (χ1) is 13.0. The predicted octanol–water partition coefficient (Wildman–Crippen LogP) is 7.36. The Kier molecular flexibility index (Phi) is 5.35. The monoisotopic (exact) mass is 506 g/mol. The first-order valence-corrected chi connectivity index (χ1v) is 10.3. The van der Waals surface area contributed by atoms with E-state index in [9.17, 15) is 4.39 Å². The lowest BCUT2D eigenvalue weighted by molar-refractivity contribution is 0.605. The van der Waals surface area contributed by atoms with Crippen molar-refractivity contribution < 1.29 is 4.39 Å². The van der Waals surface area contributed by atoms with Crippen LogP contribution in [0.5, 0.6) is 0 Å². The molecule has 1 aliphatic heterocycles. The van der Waals surface area contributed by atoms with Crippen molar-refractivity contribution in [1.82, 2.24) is 0 Å². The van der Waals surface area contributed by atoms with E-state index in [1.807, 2.05) is 54.6 Å². The van der Waals surface area contributed by atoms with Crippen LogP contribution in [0.15, 0.2) is 80.8 Å². The van der Waals surface area contributed by atoms with E-state index in [0.29, 0.717) is 21.6 Å². The summed E-state index contributed by atoms with van der Waals surface area (Å²) in [5.74, 6) is -0.316. The van der Waals surface area contributed by atoms with Crippen LogP contribution in [-0.2, 0) is 0 Å². The largest absolute Gasteiger partial charge is 0.254 e. The first-order valence-electron chi connectivity index (χ1n) is 8.34. The third-order valence-electron chi connectivity index (χ3n) is 4.50. The van der Waals surface area contributed by atoms with Crippen LogP contribution in [0.2, 0.25) is 5.02 Å². The standard InChI is InChI=1S/C21H14Br2ClFN2/c22-15-5-1-13(2-6-15)19-12-21(14-3-8-17(24)9-4-14)27(26-19)20-10-7-16(23)11-18(20)25/h1-11,21H,12H2. The highest BCUT2D eigenvalue weighted by molar-refractivity contribution is 9.10. The molecule has 3 aromatic carbocycles. The van der Waals surface area contributed by atoms with E-state index >= 15 is 0 Å². The van der Waals surface area contributed by atoms with E-state index in [2.05, 4.69) is 31.9 Å². The SMILES string of the molecule is Fc1cc(Br)ccc1N1N=C(c2ccc(Br)cc2)CC1c1ccc(Cl)cc1. The van der Waals surface area contributed by atoms with Gasteiger partial charge in [0.25, 0.3) is 0 Å². The van der Waals surface area contributed by atoms with Crippen molar-refractivity contribution in [3.05, 3.63) is 97.6 Å². The van der Waals surface area contributed by atoms with Crippen LogP contribution in [-0.4, -0.2) is 5.71 Å². The number of hydrogen-bond donors (Lipinski definition) is 0. The van der Waals surface area contributed by atoms with Crippen LogP contribution < -0.4 is 5.01 Å². The highest BCUT2D eigenvalue weighted by Crippen LogP contribution is 2.38. The van der Waals surface area contributed by atoms with Crippen LogP contribution in [0.1, 0.15) is 23.6 Å². The Morgan fingerprint density at radius 1 is 0.926 bits per heavy atom. The van der Waals surface area contributed by atoms with Crippen molar-refractivity contribution >= 4 is 54.9 Å². The van der Waals surface area contributed by atoms with Gasteiger partial charge in [-0.15, -0.1) is 0 Å². The quantitative estimate of drug-likeness (QED) is 0.361. The molecule has 0 bridgehead atoms. The molecule has 1 heterocycles. The summed E-state index contributed by atoms with van der Waals surface area (Å²) >= 11 is 12.8. The number of halogens is 4. The summed E-state index contributed by atoms with van der Waals surface area (Å²) in [4.78, 5) is 0. The highest BCUT2D eigenvalue weighted by Gasteiger charge is 2.31. The molecule has 3 aromatic rings. The third-order valence-corrected chi connectivity index (χ3v) is 5.77. The van der Waals surface area contributed by atoms with Gasteiger partial charge in [-0.2, -0.15) is 5.10 Å². The Hall–Kier alpha value is -1.69. The van der Waals surface area contributed by atoms with Crippen molar-refractivity contribution in [2.75, 3.05) is 5.01 Å². The predicted molar refractivity (Wildman–Crippen MR) is 116 cm³/mol. The molecule has 27 heavy (non-hydrogen) atoms. The average Bonchev–Trinajstić information content (AvgIpc) is 3.08. The van der Waals surface area contributed by atoms with Gasteiger partial charge in [-0.3, -0.25) is 5.01 Å². The van der Waals surface area contributed by atoms with Gasteiger partial charge in [0.05, 0.1) is 17.4 Å². The van der Waals surface area contributed by atoms with Gasteiger partial charge >= 0.3 is 0 Å². The maximum atomic E-state index is 14.7. The molecular weight excluding hydrogens is 495 g/mol. The minimum atomic E-state index is -0.316. The van der Waals surface area contributed by atoms with Crippen molar-refractivity contribution in [3.8, 4) is 0 Å². The fourth-order valence-electron chi connectivity index (χ4n) is 3.16. The van der Waals surface area contributed by atoms with E-state index < -0.39 is 0 Å². The van der Waals surface area contributed by atoms with Crippen molar-refractivity contribution in [3.63, 3.8) is 0 Å². The molecule has 0 fully saturated rings. The zero-order valence-electron chi connectivity index (χ0n) is 14.0. The van der Waals surface area contributed by atoms with E-state index in [4.69, 9.17) is 16.7 Å². The average molecular weight is 509 g/mol. The molecule has 6 heteroatoms. The van der Waals surface area contributed by atoms with Crippen LogP contribution in [0.4, 0.5) is 10.1 Å². The molecule has 1 unspecified atom stereocenters. The number of anilines is 1. The van der Waals surface area contributed by atoms with E-state index in [0.717, 1.165) is 21.3 Å². The Labute approximate surface area is 178 Å². The van der Waals surface area contributed by atoms with E-state index in [-0.39, 0.29) is 11.9 Å². The van der Waals surface area contributed by atoms with Gasteiger partial charge in [0.1, 0.15) is 5.82 Å². The molecular formula is C21H14Br2ClFN2. The van der Waals surface area contributed by atoms with Gasteiger partial charge in [0.2, 0.25) is 0 Å². The van der Waals surface area contributed by atoms with Crippen molar-refractivity contribution in [1.29, 1.82) is 0 Å². The second-order valence-corrected chi connectivity index (χ2v) is 8.53. The normalized spacial score (nSPS) is 16.5. The molecule has 0 N–H and O–H groups in total. The number of nitrogens with zero attached hydrogens (tertiary/aromatic N) is 2. The molecule has 0 aromatic heterocycles. The van der Waals surface area contributed by atoms with Crippen LogP contribution in [0.25, 0.3) is 0 Å². The summed E-state index contributed by atoms with van der Waals surface area (Å²) in [6.45, 7) is 0. The lowest BCUT2D eigenvalue weighted by atomic mass is 9.98. The zero-order chi connectivity index (χ0) is 19.0. The Morgan fingerprint density at radius 2 is 1.59 bits per heavy atom. The van der Waals surface area contributed by atoms with Gasteiger partial charge in [-0.1, -0.05) is 67.7 Å². The fourth-order valence-corrected chi connectivity index (χ4v) is 3.88. The number of hydrogen-bond acceptors (Lipinski definition) is 2. The summed E-state index contributed by atoms with van der Waals surface area (Å²) < 4.78 is 16.4. The lowest BCUT2D eigenvalue weighted by Crippen LogP contribution is -2.19. The Balaban J connectivity index is 1.78. The number of benzene rings is 3. The molecule has 1 atom stereocenters. The number of rotatable bonds is 3. The van der Waals surface area contributed by atoms with Gasteiger partial charge < -0.3 is 0 Å². The molecule has 1 aliphatic rings. The minimum absolute atomic E-state index is 0.100. The zero-order valence-corrected chi connectivity index (χ0v) is 18.0. The first kappa shape index (κ1) is 18.7. The second-order valence-electron chi connectivity index (χ2n) is 6.27. The Bertz CT molecular complexity index is 1000. The lowest BCUT2D eigenvalue weighted by Gasteiger charge is -2.24. The molecule has 0 amide bonds. The summed E-state index contributed by atoms with van der Waals surface area (Å²) in [6, 6.07) is 20.6. The van der Waals surface area contributed by atoms with Gasteiger partial charge in [-0.05, 0) is 53.6 Å². The van der Waals surface area contributed by atoms with Crippen molar-refractivity contribution in [2.45, 2.75) is 12.5 Å². The minimum Gasteiger partial charge on any atom is -0.254 e. The number of hydrazone groups is 1. The molecule has 0 radical (unpaired) electrons. The van der Waals surface area contributed by atoms with Crippen LogP contribution in [0, 0.1) is 5.82 Å². The second kappa shape index (κ2) is 7.74. The summed E-state index contributed by atoms with van der Waals surface area (Å²) in [5, 5.41) is 7.21. The maximum absolute atomic E-state index is 14.7.